The van der Waals surface area contributed by atoms with Crippen LogP contribution >= 0.6 is 26.6 Å². The van der Waals surface area contributed by atoms with Crippen molar-refractivity contribution in [3.8, 4) is 0 Å². The minimum Gasteiger partial charge on any atom is -0.460 e. The zero-order valence-electron chi connectivity index (χ0n) is 11.6. The molecule has 0 aliphatic heterocycles. The van der Waals surface area contributed by atoms with E-state index in [-0.39, 0.29) is 21.5 Å². The predicted octanol–water partition coefficient (Wildman–Crippen LogP) is 3.21. The monoisotopic (exact) mass is 398 g/mol. The van der Waals surface area contributed by atoms with E-state index in [2.05, 4.69) is 15.9 Å². The minimum absolute atomic E-state index is 0.102. The van der Waals surface area contributed by atoms with Gasteiger partial charge < -0.3 is 9.47 Å². The molecule has 0 spiro atoms. The van der Waals surface area contributed by atoms with Crippen LogP contribution in [0.15, 0.2) is 27.6 Å². The van der Waals surface area contributed by atoms with Crippen LogP contribution in [0.25, 0.3) is 0 Å². The van der Waals surface area contributed by atoms with E-state index in [4.69, 9.17) is 20.2 Å². The molecule has 8 heteroatoms. The molecule has 0 saturated heterocycles. The fourth-order valence-electron chi connectivity index (χ4n) is 1.41. The smallest absolute Gasteiger partial charge is 0.338 e. The van der Waals surface area contributed by atoms with Gasteiger partial charge in [-0.25, -0.2) is 13.2 Å². The van der Waals surface area contributed by atoms with Gasteiger partial charge in [0.25, 0.3) is 9.05 Å². The third-order valence-electron chi connectivity index (χ3n) is 2.34. The molecule has 0 fully saturated rings. The van der Waals surface area contributed by atoms with Crippen LogP contribution in [0.1, 0.15) is 24.2 Å². The fourth-order valence-corrected chi connectivity index (χ4v) is 3.53. The molecular weight excluding hydrogens is 384 g/mol. The standard InChI is InChI=1S/C13H16BrClO5S/c1-9(2)8-19-5-6-20-13(16)10-3-4-11(14)12(7-10)21(15,17)18/h3-4,7,9H,5-6,8H2,1-2H3. The van der Waals surface area contributed by atoms with Crippen LogP contribution in [0.2, 0.25) is 0 Å². The van der Waals surface area contributed by atoms with Gasteiger partial charge in [0, 0.05) is 21.8 Å². The van der Waals surface area contributed by atoms with Gasteiger partial charge in [-0.1, -0.05) is 13.8 Å². The largest absolute Gasteiger partial charge is 0.460 e. The first kappa shape index (κ1) is 18.4. The summed E-state index contributed by atoms with van der Waals surface area (Å²) in [6.07, 6.45) is 0. The average Bonchev–Trinajstić information content (AvgIpc) is 2.36. The summed E-state index contributed by atoms with van der Waals surface area (Å²) in [5, 5.41) is 0. The van der Waals surface area contributed by atoms with Gasteiger partial charge in [-0.15, -0.1) is 0 Å². The summed E-state index contributed by atoms with van der Waals surface area (Å²) >= 11 is 3.07. The van der Waals surface area contributed by atoms with Crippen molar-refractivity contribution in [3.63, 3.8) is 0 Å². The molecule has 0 saturated carbocycles. The lowest BCUT2D eigenvalue weighted by Crippen LogP contribution is -2.13. The summed E-state index contributed by atoms with van der Waals surface area (Å²) in [6, 6.07) is 4.05. The molecule has 118 valence electrons. The van der Waals surface area contributed by atoms with E-state index >= 15 is 0 Å². The van der Waals surface area contributed by atoms with Gasteiger partial charge in [0.15, 0.2) is 0 Å². The Bertz CT molecular complexity index is 601. The number of rotatable bonds is 7. The number of halogens is 2. The highest BCUT2D eigenvalue weighted by Gasteiger charge is 2.18. The SMILES string of the molecule is CC(C)COCCOC(=O)c1ccc(Br)c(S(=O)(=O)Cl)c1. The number of hydrogen-bond donors (Lipinski definition) is 0. The van der Waals surface area contributed by atoms with E-state index in [1.54, 1.807) is 0 Å². The predicted molar refractivity (Wildman–Crippen MR) is 83.1 cm³/mol. The van der Waals surface area contributed by atoms with E-state index in [1.165, 1.54) is 18.2 Å². The molecule has 0 heterocycles. The Hall–Kier alpha value is -0.630. The third-order valence-corrected chi connectivity index (χ3v) is 4.66. The van der Waals surface area contributed by atoms with Crippen molar-refractivity contribution in [1.29, 1.82) is 0 Å². The van der Waals surface area contributed by atoms with E-state index in [0.29, 0.717) is 19.1 Å². The van der Waals surface area contributed by atoms with Gasteiger partial charge in [-0.3, -0.25) is 0 Å². The highest BCUT2D eigenvalue weighted by Crippen LogP contribution is 2.26. The maximum absolute atomic E-state index is 11.8. The molecule has 0 atom stereocenters. The zero-order chi connectivity index (χ0) is 16.0. The van der Waals surface area contributed by atoms with Crippen molar-refractivity contribution in [2.75, 3.05) is 19.8 Å². The van der Waals surface area contributed by atoms with Crippen LogP contribution in [0, 0.1) is 5.92 Å². The van der Waals surface area contributed by atoms with Gasteiger partial charge in [0.2, 0.25) is 0 Å². The topological polar surface area (TPSA) is 69.7 Å². The third kappa shape index (κ3) is 6.34. The van der Waals surface area contributed by atoms with Crippen molar-refractivity contribution in [1.82, 2.24) is 0 Å². The number of ether oxygens (including phenoxy) is 2. The minimum atomic E-state index is -3.94. The van der Waals surface area contributed by atoms with Crippen LogP contribution in [-0.2, 0) is 18.5 Å². The first-order chi connectivity index (χ1) is 9.71. The Labute approximate surface area is 137 Å². The lowest BCUT2D eigenvalue weighted by Gasteiger charge is -2.08. The van der Waals surface area contributed by atoms with Crippen molar-refractivity contribution in [2.45, 2.75) is 18.7 Å². The maximum atomic E-state index is 11.8. The van der Waals surface area contributed by atoms with Crippen LogP contribution in [0.3, 0.4) is 0 Å². The molecule has 0 aromatic heterocycles. The molecule has 0 N–H and O–H groups in total. The Morgan fingerprint density at radius 3 is 2.57 bits per heavy atom. The zero-order valence-corrected chi connectivity index (χ0v) is 14.8. The van der Waals surface area contributed by atoms with Crippen molar-refractivity contribution < 1.29 is 22.7 Å². The van der Waals surface area contributed by atoms with E-state index in [1.807, 2.05) is 13.8 Å². The van der Waals surface area contributed by atoms with E-state index < -0.39 is 15.0 Å². The molecule has 0 aliphatic carbocycles. The molecular formula is C13H16BrClO5S. The lowest BCUT2D eigenvalue weighted by molar-refractivity contribution is 0.0277. The van der Waals surface area contributed by atoms with E-state index in [0.717, 1.165) is 0 Å². The number of benzene rings is 1. The molecule has 0 unspecified atom stereocenters. The molecule has 5 nitrogen and oxygen atoms in total. The Kier molecular flexibility index (Phi) is 7.12. The Morgan fingerprint density at radius 2 is 2.00 bits per heavy atom. The normalized spacial score (nSPS) is 11.7. The first-order valence-corrected chi connectivity index (χ1v) is 9.31. The summed E-state index contributed by atoms with van der Waals surface area (Å²) in [4.78, 5) is 11.6. The van der Waals surface area contributed by atoms with Crippen molar-refractivity contribution >= 4 is 41.6 Å². The summed E-state index contributed by atoms with van der Waals surface area (Å²) < 4.78 is 33.3. The molecule has 0 radical (unpaired) electrons. The van der Waals surface area contributed by atoms with Crippen LogP contribution < -0.4 is 0 Å². The lowest BCUT2D eigenvalue weighted by atomic mass is 10.2. The highest BCUT2D eigenvalue weighted by molar-refractivity contribution is 9.10. The molecule has 21 heavy (non-hydrogen) atoms. The van der Waals surface area contributed by atoms with Gasteiger partial charge in [0.1, 0.15) is 6.61 Å². The van der Waals surface area contributed by atoms with Gasteiger partial charge >= 0.3 is 5.97 Å². The molecule has 0 amide bonds. The summed E-state index contributed by atoms with van der Waals surface area (Å²) in [7, 11) is 1.35. The second kappa shape index (κ2) is 8.12. The van der Waals surface area contributed by atoms with Crippen LogP contribution in [-0.4, -0.2) is 34.2 Å². The van der Waals surface area contributed by atoms with Gasteiger partial charge in [0.05, 0.1) is 17.1 Å². The second-order valence-corrected chi connectivity index (χ2v) is 8.08. The quantitative estimate of drug-likeness (QED) is 0.400. The Balaban J connectivity index is 2.63. The van der Waals surface area contributed by atoms with Crippen molar-refractivity contribution in [2.24, 2.45) is 5.92 Å². The van der Waals surface area contributed by atoms with Gasteiger partial charge in [-0.2, -0.15) is 0 Å². The Morgan fingerprint density at radius 1 is 1.33 bits per heavy atom. The van der Waals surface area contributed by atoms with Gasteiger partial charge in [-0.05, 0) is 40.0 Å². The molecule has 1 aromatic carbocycles. The molecule has 1 rings (SSSR count). The van der Waals surface area contributed by atoms with Crippen LogP contribution in [0.5, 0.6) is 0 Å². The second-order valence-electron chi connectivity index (χ2n) is 4.69. The molecule has 0 aliphatic rings. The summed E-state index contributed by atoms with van der Waals surface area (Å²) in [5.74, 6) is -0.221. The number of esters is 1. The summed E-state index contributed by atoms with van der Waals surface area (Å²) in [5.41, 5.74) is 0.112. The van der Waals surface area contributed by atoms with Crippen LogP contribution in [0.4, 0.5) is 0 Å². The maximum Gasteiger partial charge on any atom is 0.338 e. The summed E-state index contributed by atoms with van der Waals surface area (Å²) in [6.45, 7) is 5.01. The molecule has 1 aromatic rings. The number of carbonyl (C=O) groups is 1. The average molecular weight is 400 g/mol. The highest BCUT2D eigenvalue weighted by atomic mass is 79.9. The fraction of sp³-hybridized carbons (Fsp3) is 0.462. The number of hydrogen-bond acceptors (Lipinski definition) is 5. The molecule has 0 bridgehead atoms. The number of carbonyl (C=O) groups excluding carboxylic acids is 1. The first-order valence-electron chi connectivity index (χ1n) is 6.21. The van der Waals surface area contributed by atoms with Crippen molar-refractivity contribution in [3.05, 3.63) is 28.2 Å². The van der Waals surface area contributed by atoms with E-state index in [9.17, 15) is 13.2 Å².